The molecule has 21 heavy (non-hydrogen) atoms. The molecule has 0 unspecified atom stereocenters. The molecular formula is C14H19ClN2O4. The molecule has 0 heterocycles. The van der Waals surface area contributed by atoms with Crippen molar-refractivity contribution < 1.29 is 19.4 Å². The standard InChI is InChI=1S/C14H19ClN2O4/c1-2-3-7-21-8-6-16-14(20)17-10-4-5-12(15)11(9-10)13(18)19/h4-5,9H,2-3,6-8H2,1H3,(H,18,19)(H2,16,17,20). The molecule has 1 aromatic carbocycles. The fourth-order valence-electron chi connectivity index (χ4n) is 1.53. The highest BCUT2D eigenvalue weighted by atomic mass is 35.5. The van der Waals surface area contributed by atoms with Gasteiger partial charge in [-0.1, -0.05) is 24.9 Å². The Morgan fingerprint density at radius 2 is 2.10 bits per heavy atom. The number of carbonyl (C=O) groups excluding carboxylic acids is 1. The number of carboxylic acid groups (broad SMARTS) is 1. The molecule has 1 aromatic rings. The van der Waals surface area contributed by atoms with E-state index in [0.29, 0.717) is 25.4 Å². The van der Waals surface area contributed by atoms with Crippen LogP contribution in [-0.4, -0.2) is 36.9 Å². The number of unbranched alkanes of at least 4 members (excludes halogenated alkanes) is 1. The van der Waals surface area contributed by atoms with E-state index in [9.17, 15) is 9.59 Å². The van der Waals surface area contributed by atoms with Crippen LogP contribution in [0.3, 0.4) is 0 Å². The minimum Gasteiger partial charge on any atom is -0.478 e. The summed E-state index contributed by atoms with van der Waals surface area (Å²) in [5, 5.41) is 14.2. The van der Waals surface area contributed by atoms with E-state index < -0.39 is 12.0 Å². The zero-order valence-corrected chi connectivity index (χ0v) is 12.6. The van der Waals surface area contributed by atoms with E-state index in [1.165, 1.54) is 18.2 Å². The number of amides is 2. The number of benzene rings is 1. The molecule has 6 nitrogen and oxygen atoms in total. The molecule has 0 aliphatic rings. The second-order valence-electron chi connectivity index (χ2n) is 4.35. The lowest BCUT2D eigenvalue weighted by Crippen LogP contribution is -2.31. The SMILES string of the molecule is CCCCOCCNC(=O)Nc1ccc(Cl)c(C(=O)O)c1. The van der Waals surface area contributed by atoms with Crippen LogP contribution in [0.25, 0.3) is 0 Å². The van der Waals surface area contributed by atoms with Crippen molar-refractivity contribution >= 4 is 29.3 Å². The van der Waals surface area contributed by atoms with E-state index in [2.05, 4.69) is 17.6 Å². The van der Waals surface area contributed by atoms with Crippen LogP contribution in [0.15, 0.2) is 18.2 Å². The Bertz CT molecular complexity index is 494. The van der Waals surface area contributed by atoms with Gasteiger partial charge in [-0.3, -0.25) is 0 Å². The highest BCUT2D eigenvalue weighted by Crippen LogP contribution is 2.20. The fraction of sp³-hybridized carbons (Fsp3) is 0.429. The van der Waals surface area contributed by atoms with Crippen LogP contribution in [0, 0.1) is 0 Å². The van der Waals surface area contributed by atoms with Gasteiger partial charge in [0, 0.05) is 18.8 Å². The third kappa shape index (κ3) is 6.46. The summed E-state index contributed by atoms with van der Waals surface area (Å²) in [5.74, 6) is -1.15. The van der Waals surface area contributed by atoms with Gasteiger partial charge in [0.25, 0.3) is 0 Å². The van der Waals surface area contributed by atoms with Crippen LogP contribution < -0.4 is 10.6 Å². The van der Waals surface area contributed by atoms with Gasteiger partial charge in [-0.15, -0.1) is 0 Å². The maximum Gasteiger partial charge on any atom is 0.337 e. The summed E-state index contributed by atoms with van der Waals surface area (Å²) in [7, 11) is 0. The van der Waals surface area contributed by atoms with Gasteiger partial charge in [0.1, 0.15) is 0 Å². The summed E-state index contributed by atoms with van der Waals surface area (Å²) in [6, 6.07) is 3.84. The first-order valence-corrected chi connectivity index (χ1v) is 7.07. The first-order chi connectivity index (χ1) is 10.0. The number of nitrogens with one attached hydrogen (secondary N) is 2. The molecule has 3 N–H and O–H groups in total. The highest BCUT2D eigenvalue weighted by Gasteiger charge is 2.10. The molecule has 0 saturated carbocycles. The van der Waals surface area contributed by atoms with Gasteiger partial charge in [0.2, 0.25) is 0 Å². The van der Waals surface area contributed by atoms with E-state index in [0.717, 1.165) is 12.8 Å². The van der Waals surface area contributed by atoms with Gasteiger partial charge in [-0.25, -0.2) is 9.59 Å². The van der Waals surface area contributed by atoms with Crippen LogP contribution in [0.1, 0.15) is 30.1 Å². The lowest BCUT2D eigenvalue weighted by molar-refractivity contribution is 0.0697. The molecule has 0 bridgehead atoms. The normalized spacial score (nSPS) is 10.2. The van der Waals surface area contributed by atoms with E-state index >= 15 is 0 Å². The zero-order chi connectivity index (χ0) is 15.7. The summed E-state index contributed by atoms with van der Waals surface area (Å²) >= 11 is 5.75. The molecule has 0 aliphatic heterocycles. The number of hydrogen-bond donors (Lipinski definition) is 3. The monoisotopic (exact) mass is 314 g/mol. The fourth-order valence-corrected chi connectivity index (χ4v) is 1.73. The summed E-state index contributed by atoms with van der Waals surface area (Å²) < 4.78 is 5.30. The van der Waals surface area contributed by atoms with Crippen LogP contribution in [0.4, 0.5) is 10.5 Å². The van der Waals surface area contributed by atoms with Gasteiger partial charge in [0.15, 0.2) is 0 Å². The van der Waals surface area contributed by atoms with Gasteiger partial charge < -0.3 is 20.5 Å². The van der Waals surface area contributed by atoms with E-state index in [1.54, 1.807) is 0 Å². The number of halogens is 1. The average Bonchev–Trinajstić information content (AvgIpc) is 2.44. The van der Waals surface area contributed by atoms with Crippen molar-refractivity contribution in [3.63, 3.8) is 0 Å². The Balaban J connectivity index is 2.38. The van der Waals surface area contributed by atoms with Crippen molar-refractivity contribution in [1.29, 1.82) is 0 Å². The highest BCUT2D eigenvalue weighted by molar-refractivity contribution is 6.33. The summed E-state index contributed by atoms with van der Waals surface area (Å²) in [6.45, 7) is 3.58. The second kappa shape index (κ2) is 9.20. The molecule has 7 heteroatoms. The number of carboxylic acids is 1. The van der Waals surface area contributed by atoms with Crippen molar-refractivity contribution in [2.45, 2.75) is 19.8 Å². The quantitative estimate of drug-likeness (QED) is 0.644. The largest absolute Gasteiger partial charge is 0.478 e. The first kappa shape index (κ1) is 17.3. The van der Waals surface area contributed by atoms with Crippen LogP contribution in [-0.2, 0) is 4.74 Å². The van der Waals surface area contributed by atoms with Gasteiger partial charge in [-0.2, -0.15) is 0 Å². The van der Waals surface area contributed by atoms with E-state index in [1.807, 2.05) is 0 Å². The summed E-state index contributed by atoms with van der Waals surface area (Å²) in [4.78, 5) is 22.5. The van der Waals surface area contributed by atoms with E-state index in [4.69, 9.17) is 21.4 Å². The lowest BCUT2D eigenvalue weighted by atomic mass is 10.2. The summed E-state index contributed by atoms with van der Waals surface area (Å²) in [5.41, 5.74) is 0.304. The molecule has 0 aromatic heterocycles. The van der Waals surface area contributed by atoms with Crippen LogP contribution in [0.5, 0.6) is 0 Å². The van der Waals surface area contributed by atoms with Gasteiger partial charge in [-0.05, 0) is 24.6 Å². The Kier molecular flexibility index (Phi) is 7.56. The van der Waals surface area contributed by atoms with Crippen LogP contribution in [0.2, 0.25) is 5.02 Å². The molecule has 1 rings (SSSR count). The van der Waals surface area contributed by atoms with Gasteiger partial charge in [0.05, 0.1) is 17.2 Å². The molecule has 2 amide bonds. The predicted molar refractivity (Wildman–Crippen MR) is 81.2 cm³/mol. The molecule has 0 saturated heterocycles. The summed E-state index contributed by atoms with van der Waals surface area (Å²) in [6.07, 6.45) is 2.06. The maximum atomic E-state index is 11.6. The molecular weight excluding hydrogens is 296 g/mol. The predicted octanol–water partition coefficient (Wildman–Crippen LogP) is 2.98. The molecule has 116 valence electrons. The number of carbonyl (C=O) groups is 2. The molecule has 0 fully saturated rings. The zero-order valence-electron chi connectivity index (χ0n) is 11.8. The molecule has 0 spiro atoms. The number of rotatable bonds is 8. The Morgan fingerprint density at radius 3 is 2.76 bits per heavy atom. The number of ether oxygens (including phenoxy) is 1. The number of anilines is 1. The third-order valence-electron chi connectivity index (χ3n) is 2.63. The lowest BCUT2D eigenvalue weighted by Gasteiger charge is -2.09. The maximum absolute atomic E-state index is 11.6. The molecule has 0 atom stereocenters. The topological polar surface area (TPSA) is 87.7 Å². The van der Waals surface area contributed by atoms with Crippen molar-refractivity contribution in [2.75, 3.05) is 25.1 Å². The van der Waals surface area contributed by atoms with Crippen molar-refractivity contribution in [1.82, 2.24) is 5.32 Å². The van der Waals surface area contributed by atoms with Crippen molar-refractivity contribution in [3.8, 4) is 0 Å². The molecule has 0 radical (unpaired) electrons. The third-order valence-corrected chi connectivity index (χ3v) is 2.96. The Labute approximate surface area is 128 Å². The smallest absolute Gasteiger partial charge is 0.337 e. The Morgan fingerprint density at radius 1 is 1.33 bits per heavy atom. The minimum atomic E-state index is -1.15. The number of hydrogen-bond acceptors (Lipinski definition) is 3. The minimum absolute atomic E-state index is 0.0580. The van der Waals surface area contributed by atoms with Crippen molar-refractivity contribution in [2.24, 2.45) is 0 Å². The molecule has 0 aliphatic carbocycles. The van der Waals surface area contributed by atoms with Crippen LogP contribution >= 0.6 is 11.6 Å². The van der Waals surface area contributed by atoms with E-state index in [-0.39, 0.29) is 10.6 Å². The Hall–Kier alpha value is -1.79. The first-order valence-electron chi connectivity index (χ1n) is 6.70. The number of aromatic carboxylic acids is 1. The van der Waals surface area contributed by atoms with Gasteiger partial charge >= 0.3 is 12.0 Å². The van der Waals surface area contributed by atoms with Crippen molar-refractivity contribution in [3.05, 3.63) is 28.8 Å². The second-order valence-corrected chi connectivity index (χ2v) is 4.75. The number of urea groups is 1. The average molecular weight is 315 g/mol.